The molecule has 0 N–H and O–H groups in total. The van der Waals surface area contributed by atoms with E-state index in [4.69, 9.17) is 9.26 Å². The molecule has 0 aliphatic carbocycles. The summed E-state index contributed by atoms with van der Waals surface area (Å²) in [6, 6.07) is 0.402. The molecule has 2 unspecified atom stereocenters. The summed E-state index contributed by atoms with van der Waals surface area (Å²) >= 11 is 0. The van der Waals surface area contributed by atoms with Gasteiger partial charge in [0.05, 0.1) is 13.0 Å². The first-order valence-electron chi connectivity index (χ1n) is 6.71. The molecule has 2 aliphatic heterocycles. The molecule has 0 spiro atoms. The van der Waals surface area contributed by atoms with Gasteiger partial charge in [-0.3, -0.25) is 9.69 Å². The lowest BCUT2D eigenvalue weighted by molar-refractivity contribution is -0.170. The quantitative estimate of drug-likeness (QED) is 0.838. The van der Waals surface area contributed by atoms with Crippen molar-refractivity contribution in [2.24, 2.45) is 0 Å². The minimum Gasteiger partial charge on any atom is -0.367 e. The first-order valence-corrected chi connectivity index (χ1v) is 6.71. The van der Waals surface area contributed by atoms with Gasteiger partial charge < -0.3 is 9.26 Å². The van der Waals surface area contributed by atoms with E-state index < -0.39 is 24.5 Å². The molecule has 0 radical (unpaired) electrons. The van der Waals surface area contributed by atoms with Gasteiger partial charge in [-0.05, 0) is 19.4 Å². The molecule has 3 heterocycles. The van der Waals surface area contributed by atoms with Crippen molar-refractivity contribution >= 4 is 5.78 Å². The van der Waals surface area contributed by atoms with Gasteiger partial charge in [-0.25, -0.2) is 0 Å². The summed E-state index contributed by atoms with van der Waals surface area (Å²) < 4.78 is 46.9. The molecule has 0 amide bonds. The summed E-state index contributed by atoms with van der Waals surface area (Å²) in [5, 5.41) is 3.63. The van der Waals surface area contributed by atoms with Crippen molar-refractivity contribution in [2.45, 2.75) is 37.6 Å². The zero-order chi connectivity index (χ0) is 15.0. The van der Waals surface area contributed by atoms with Crippen LogP contribution in [-0.4, -0.2) is 52.7 Å². The summed E-state index contributed by atoms with van der Waals surface area (Å²) in [6.45, 7) is 2.12. The second-order valence-corrected chi connectivity index (χ2v) is 5.26. The van der Waals surface area contributed by atoms with Crippen LogP contribution < -0.4 is 0 Å². The van der Waals surface area contributed by atoms with Crippen molar-refractivity contribution in [1.29, 1.82) is 0 Å². The zero-order valence-electron chi connectivity index (χ0n) is 11.1. The van der Waals surface area contributed by atoms with Crippen LogP contribution in [0.25, 0.3) is 0 Å². The van der Waals surface area contributed by atoms with E-state index >= 15 is 0 Å². The number of Topliss-reactive ketones (excluding diaryl/α,β-unsaturated/α-hetero) is 1. The van der Waals surface area contributed by atoms with Gasteiger partial charge in [0.15, 0.2) is 0 Å². The van der Waals surface area contributed by atoms with E-state index in [0.29, 0.717) is 19.2 Å². The number of ketones is 1. The fourth-order valence-electron chi connectivity index (χ4n) is 2.68. The van der Waals surface area contributed by atoms with Gasteiger partial charge in [0, 0.05) is 12.6 Å². The molecule has 0 aromatic carbocycles. The van der Waals surface area contributed by atoms with Gasteiger partial charge in [0.2, 0.25) is 17.5 Å². The van der Waals surface area contributed by atoms with Crippen molar-refractivity contribution < 1.29 is 27.2 Å². The normalized spacial score (nSPS) is 26.8. The molecule has 2 saturated heterocycles. The SMILES string of the molecule is O=C(Cc1nc(C2CN3CCCC3CO2)no1)C(F)(F)F. The number of morpholine rings is 1. The molecule has 2 atom stereocenters. The predicted molar refractivity (Wildman–Crippen MR) is 62.4 cm³/mol. The molecule has 21 heavy (non-hydrogen) atoms. The summed E-state index contributed by atoms with van der Waals surface area (Å²) in [4.78, 5) is 17.0. The number of hydrogen-bond donors (Lipinski definition) is 0. The lowest BCUT2D eigenvalue weighted by Gasteiger charge is -2.33. The highest BCUT2D eigenvalue weighted by Gasteiger charge is 2.40. The average molecular weight is 305 g/mol. The van der Waals surface area contributed by atoms with Crippen molar-refractivity contribution in [3.8, 4) is 0 Å². The third-order valence-electron chi connectivity index (χ3n) is 3.79. The molecule has 2 aliphatic rings. The topological polar surface area (TPSA) is 68.5 Å². The third kappa shape index (κ3) is 3.08. The molecular formula is C12H14F3N3O3. The molecule has 9 heteroatoms. The van der Waals surface area contributed by atoms with Crippen molar-refractivity contribution in [3.05, 3.63) is 11.7 Å². The van der Waals surface area contributed by atoms with E-state index in [0.717, 1.165) is 19.4 Å². The van der Waals surface area contributed by atoms with Crippen LogP contribution in [-0.2, 0) is 16.0 Å². The minimum absolute atomic E-state index is 0.199. The van der Waals surface area contributed by atoms with Gasteiger partial charge in [-0.2, -0.15) is 18.2 Å². The summed E-state index contributed by atoms with van der Waals surface area (Å²) in [7, 11) is 0. The van der Waals surface area contributed by atoms with E-state index in [2.05, 4.69) is 15.0 Å². The Labute approximate surface area is 118 Å². The smallest absolute Gasteiger partial charge is 0.367 e. The highest BCUT2D eigenvalue weighted by molar-refractivity contribution is 5.85. The maximum Gasteiger partial charge on any atom is 0.450 e. The number of carbonyl (C=O) groups is 1. The molecule has 1 aromatic heterocycles. The third-order valence-corrected chi connectivity index (χ3v) is 3.79. The van der Waals surface area contributed by atoms with Crippen molar-refractivity contribution in [3.63, 3.8) is 0 Å². The van der Waals surface area contributed by atoms with E-state index in [1.54, 1.807) is 0 Å². The van der Waals surface area contributed by atoms with Crippen LogP contribution in [0.1, 0.15) is 30.7 Å². The monoisotopic (exact) mass is 305 g/mol. The zero-order valence-corrected chi connectivity index (χ0v) is 11.1. The van der Waals surface area contributed by atoms with E-state index in [1.165, 1.54) is 0 Å². The number of aromatic nitrogens is 2. The maximum atomic E-state index is 12.2. The molecule has 6 nitrogen and oxygen atoms in total. The number of fused-ring (bicyclic) bond motifs is 1. The fourth-order valence-corrected chi connectivity index (χ4v) is 2.68. The summed E-state index contributed by atoms with van der Waals surface area (Å²) in [6.07, 6.45) is -4.05. The van der Waals surface area contributed by atoms with Crippen LogP contribution in [0.2, 0.25) is 0 Å². The number of hydrogen-bond acceptors (Lipinski definition) is 6. The number of alkyl halides is 3. The Hall–Kier alpha value is -1.48. The first kappa shape index (κ1) is 14.5. The number of halogens is 3. The minimum atomic E-state index is -4.89. The van der Waals surface area contributed by atoms with Crippen molar-refractivity contribution in [1.82, 2.24) is 15.0 Å². The van der Waals surface area contributed by atoms with Gasteiger partial charge in [0.25, 0.3) is 0 Å². The highest BCUT2D eigenvalue weighted by atomic mass is 19.4. The molecule has 1 aromatic rings. The Balaban J connectivity index is 1.64. The molecule has 0 bridgehead atoms. The van der Waals surface area contributed by atoms with Gasteiger partial charge >= 0.3 is 6.18 Å². The lowest BCUT2D eigenvalue weighted by Crippen LogP contribution is -2.42. The van der Waals surface area contributed by atoms with Crippen LogP contribution >= 0.6 is 0 Å². The Morgan fingerprint density at radius 3 is 3.00 bits per heavy atom. The molecular weight excluding hydrogens is 291 g/mol. The summed E-state index contributed by atoms with van der Waals surface area (Å²) in [5.74, 6) is -2.04. The lowest BCUT2D eigenvalue weighted by atomic mass is 10.2. The summed E-state index contributed by atoms with van der Waals surface area (Å²) in [5.41, 5.74) is 0. The second kappa shape index (κ2) is 5.38. The largest absolute Gasteiger partial charge is 0.450 e. The first-order chi connectivity index (χ1) is 9.93. The number of ether oxygens (including phenoxy) is 1. The van der Waals surface area contributed by atoms with Gasteiger partial charge in [-0.15, -0.1) is 0 Å². The predicted octanol–water partition coefficient (Wildman–Crippen LogP) is 1.28. The highest BCUT2D eigenvalue weighted by Crippen LogP contribution is 2.29. The Kier molecular flexibility index (Phi) is 3.70. The standard InChI is InChI=1S/C12H14F3N3O3/c13-12(14,15)9(19)4-10-16-11(17-21-10)8-5-18-3-1-2-7(18)6-20-8/h7-8H,1-6H2. The average Bonchev–Trinajstić information content (AvgIpc) is 3.04. The van der Waals surface area contributed by atoms with E-state index in [-0.39, 0.29) is 11.7 Å². The van der Waals surface area contributed by atoms with Gasteiger partial charge in [-0.1, -0.05) is 5.16 Å². The van der Waals surface area contributed by atoms with Crippen LogP contribution in [0.15, 0.2) is 4.52 Å². The van der Waals surface area contributed by atoms with Crippen LogP contribution in [0.5, 0.6) is 0 Å². The van der Waals surface area contributed by atoms with Crippen LogP contribution in [0.3, 0.4) is 0 Å². The number of carbonyl (C=O) groups excluding carboxylic acids is 1. The number of rotatable bonds is 3. The molecule has 0 saturated carbocycles. The van der Waals surface area contributed by atoms with E-state index in [9.17, 15) is 18.0 Å². The Morgan fingerprint density at radius 1 is 1.43 bits per heavy atom. The fraction of sp³-hybridized carbons (Fsp3) is 0.750. The van der Waals surface area contributed by atoms with Crippen molar-refractivity contribution in [2.75, 3.05) is 19.7 Å². The molecule has 2 fully saturated rings. The maximum absolute atomic E-state index is 12.2. The number of nitrogens with zero attached hydrogens (tertiary/aromatic N) is 3. The molecule has 116 valence electrons. The second-order valence-electron chi connectivity index (χ2n) is 5.26. The molecule has 3 rings (SSSR count). The van der Waals surface area contributed by atoms with Crippen LogP contribution in [0.4, 0.5) is 13.2 Å². The van der Waals surface area contributed by atoms with Gasteiger partial charge in [0.1, 0.15) is 6.10 Å². The Bertz CT molecular complexity index is 531. The Morgan fingerprint density at radius 2 is 2.24 bits per heavy atom. The van der Waals surface area contributed by atoms with E-state index in [1.807, 2.05) is 0 Å². The van der Waals surface area contributed by atoms with Crippen LogP contribution in [0, 0.1) is 0 Å².